The molecular weight excluding hydrogens is 196 g/mol. The summed E-state index contributed by atoms with van der Waals surface area (Å²) in [5, 5.41) is 0. The van der Waals surface area contributed by atoms with E-state index in [0.29, 0.717) is 11.5 Å². The Morgan fingerprint density at radius 2 is 2.06 bits per heavy atom. The molecule has 0 aromatic carbocycles. The molecule has 1 spiro atoms. The molecule has 2 rings (SSSR count). The van der Waals surface area contributed by atoms with Gasteiger partial charge in [-0.05, 0) is 37.0 Å². The van der Waals surface area contributed by atoms with Crippen LogP contribution in [0.2, 0.25) is 0 Å². The maximum atomic E-state index is 5.81. The molecule has 1 saturated heterocycles. The summed E-state index contributed by atoms with van der Waals surface area (Å²) in [4.78, 5) is 2.63. The molecule has 2 nitrogen and oxygen atoms in total. The van der Waals surface area contributed by atoms with Gasteiger partial charge in [0.05, 0.1) is 0 Å². The fourth-order valence-electron chi connectivity index (χ4n) is 4.01. The zero-order chi connectivity index (χ0) is 11.8. The highest BCUT2D eigenvalue weighted by Gasteiger charge is 2.50. The molecule has 1 aliphatic heterocycles. The molecule has 0 aromatic rings. The van der Waals surface area contributed by atoms with Gasteiger partial charge in [0.1, 0.15) is 0 Å². The summed E-state index contributed by atoms with van der Waals surface area (Å²) in [7, 11) is 0. The molecule has 0 amide bonds. The Labute approximate surface area is 101 Å². The van der Waals surface area contributed by atoms with Crippen LogP contribution in [0.25, 0.3) is 0 Å². The van der Waals surface area contributed by atoms with Crippen LogP contribution in [-0.2, 0) is 0 Å². The van der Waals surface area contributed by atoms with Crippen LogP contribution in [0.4, 0.5) is 0 Å². The first-order valence-corrected chi connectivity index (χ1v) is 7.08. The molecule has 16 heavy (non-hydrogen) atoms. The van der Waals surface area contributed by atoms with Crippen molar-refractivity contribution in [1.29, 1.82) is 0 Å². The quantitative estimate of drug-likeness (QED) is 0.798. The van der Waals surface area contributed by atoms with Crippen LogP contribution in [-0.4, -0.2) is 30.6 Å². The van der Waals surface area contributed by atoms with Crippen molar-refractivity contribution in [2.75, 3.05) is 19.6 Å². The van der Waals surface area contributed by atoms with Gasteiger partial charge in [-0.1, -0.05) is 26.7 Å². The van der Waals surface area contributed by atoms with Gasteiger partial charge in [-0.2, -0.15) is 0 Å². The number of likely N-dealkylation sites (tertiary alicyclic amines) is 1. The third kappa shape index (κ3) is 1.80. The normalized spacial score (nSPS) is 36.0. The van der Waals surface area contributed by atoms with Gasteiger partial charge in [-0.25, -0.2) is 0 Å². The molecular formula is C14H28N2. The lowest BCUT2D eigenvalue weighted by atomic mass is 9.52. The largest absolute Gasteiger partial charge is 0.329 e. The second-order valence-corrected chi connectivity index (χ2v) is 6.13. The summed E-state index contributed by atoms with van der Waals surface area (Å²) >= 11 is 0. The van der Waals surface area contributed by atoms with Crippen LogP contribution >= 0.6 is 0 Å². The fraction of sp³-hybridized carbons (Fsp3) is 1.00. The molecule has 1 heterocycles. The topological polar surface area (TPSA) is 29.3 Å². The first kappa shape index (κ1) is 12.4. The fourth-order valence-corrected chi connectivity index (χ4v) is 4.01. The van der Waals surface area contributed by atoms with Crippen LogP contribution in [0.1, 0.15) is 46.5 Å². The predicted octanol–water partition coefficient (Wildman–Crippen LogP) is 2.48. The summed E-state index contributed by atoms with van der Waals surface area (Å²) in [6.07, 6.45) is 5.78. The monoisotopic (exact) mass is 224 g/mol. The highest BCUT2D eigenvalue weighted by atomic mass is 15.2. The summed E-state index contributed by atoms with van der Waals surface area (Å²) in [5.41, 5.74) is 6.52. The van der Waals surface area contributed by atoms with Crippen molar-refractivity contribution < 1.29 is 0 Å². The smallest absolute Gasteiger partial charge is 0.0190 e. The van der Waals surface area contributed by atoms with Crippen LogP contribution in [0.5, 0.6) is 0 Å². The average Bonchev–Trinajstić information content (AvgIpc) is 2.24. The minimum absolute atomic E-state index is 0.564. The molecule has 3 atom stereocenters. The van der Waals surface area contributed by atoms with Gasteiger partial charge in [0, 0.05) is 25.7 Å². The van der Waals surface area contributed by atoms with E-state index in [0.717, 1.165) is 18.4 Å². The molecule has 2 heteroatoms. The molecule has 1 saturated carbocycles. The Hall–Kier alpha value is -0.0800. The van der Waals surface area contributed by atoms with Gasteiger partial charge in [-0.15, -0.1) is 0 Å². The first-order valence-electron chi connectivity index (χ1n) is 7.08. The maximum Gasteiger partial charge on any atom is 0.0190 e. The molecule has 0 radical (unpaired) electrons. The molecule has 1 aliphatic carbocycles. The number of nitrogens with two attached hydrogens (primary N) is 1. The lowest BCUT2D eigenvalue weighted by Gasteiger charge is -2.58. The van der Waals surface area contributed by atoms with Crippen molar-refractivity contribution in [2.24, 2.45) is 23.0 Å². The third-order valence-electron chi connectivity index (χ3n) is 5.50. The van der Waals surface area contributed by atoms with Crippen molar-refractivity contribution in [2.45, 2.75) is 52.5 Å². The summed E-state index contributed by atoms with van der Waals surface area (Å²) in [6, 6.07) is 0.564. The lowest BCUT2D eigenvalue weighted by molar-refractivity contribution is -0.0862. The summed E-state index contributed by atoms with van der Waals surface area (Å²) in [5.74, 6) is 1.79. The highest BCUT2D eigenvalue weighted by molar-refractivity contribution is 5.01. The van der Waals surface area contributed by atoms with Gasteiger partial charge < -0.3 is 5.73 Å². The number of piperidine rings is 1. The van der Waals surface area contributed by atoms with Crippen LogP contribution in [0.3, 0.4) is 0 Å². The first-order chi connectivity index (χ1) is 7.64. The van der Waals surface area contributed by atoms with Gasteiger partial charge in [-0.3, -0.25) is 4.90 Å². The Kier molecular flexibility index (Phi) is 3.60. The Bertz CT molecular complexity index is 235. The highest BCUT2D eigenvalue weighted by Crippen LogP contribution is 2.56. The molecule has 2 N–H and O–H groups in total. The van der Waals surface area contributed by atoms with Crippen LogP contribution in [0, 0.1) is 17.3 Å². The number of nitrogens with zero attached hydrogens (tertiary/aromatic N) is 1. The van der Waals surface area contributed by atoms with Crippen LogP contribution < -0.4 is 5.73 Å². The van der Waals surface area contributed by atoms with E-state index in [1.165, 1.54) is 38.8 Å². The Morgan fingerprint density at radius 1 is 1.38 bits per heavy atom. The molecule has 3 unspecified atom stereocenters. The predicted molar refractivity (Wildman–Crippen MR) is 69.3 cm³/mol. The minimum atomic E-state index is 0.564. The van der Waals surface area contributed by atoms with E-state index in [9.17, 15) is 0 Å². The van der Waals surface area contributed by atoms with Gasteiger partial charge in [0.25, 0.3) is 0 Å². The molecule has 0 bridgehead atoms. The summed E-state index contributed by atoms with van der Waals surface area (Å²) in [6.45, 7) is 10.5. The van der Waals surface area contributed by atoms with Crippen molar-refractivity contribution in [3.05, 3.63) is 0 Å². The summed E-state index contributed by atoms with van der Waals surface area (Å²) < 4.78 is 0. The van der Waals surface area contributed by atoms with Crippen molar-refractivity contribution in [3.8, 4) is 0 Å². The van der Waals surface area contributed by atoms with Crippen molar-refractivity contribution in [3.63, 3.8) is 0 Å². The molecule has 0 aromatic heterocycles. The van der Waals surface area contributed by atoms with E-state index >= 15 is 0 Å². The Balaban J connectivity index is 2.07. The lowest BCUT2D eigenvalue weighted by Crippen LogP contribution is -2.58. The number of hydrogen-bond donors (Lipinski definition) is 1. The molecule has 94 valence electrons. The minimum Gasteiger partial charge on any atom is -0.329 e. The number of hydrogen-bond acceptors (Lipinski definition) is 2. The van der Waals surface area contributed by atoms with Crippen molar-refractivity contribution in [1.82, 2.24) is 4.90 Å². The van der Waals surface area contributed by atoms with E-state index in [2.05, 4.69) is 25.7 Å². The van der Waals surface area contributed by atoms with E-state index in [1.807, 2.05) is 0 Å². The van der Waals surface area contributed by atoms with Gasteiger partial charge >= 0.3 is 0 Å². The van der Waals surface area contributed by atoms with E-state index in [-0.39, 0.29) is 0 Å². The van der Waals surface area contributed by atoms with E-state index in [4.69, 9.17) is 5.73 Å². The Morgan fingerprint density at radius 3 is 2.50 bits per heavy atom. The average molecular weight is 224 g/mol. The second-order valence-electron chi connectivity index (χ2n) is 6.13. The van der Waals surface area contributed by atoms with E-state index < -0.39 is 0 Å². The molecule has 2 aliphatic rings. The second kappa shape index (κ2) is 4.66. The maximum absolute atomic E-state index is 5.81. The standard InChI is InChI=1S/C14H28N2/c1-4-13-10-16(12(3)8-15)9-11(2)14(13)6-5-7-14/h11-13H,4-10,15H2,1-3H3. The third-order valence-corrected chi connectivity index (χ3v) is 5.50. The van der Waals surface area contributed by atoms with Crippen molar-refractivity contribution >= 4 is 0 Å². The zero-order valence-electron chi connectivity index (χ0n) is 11.2. The number of rotatable bonds is 3. The van der Waals surface area contributed by atoms with Gasteiger partial charge in [0.15, 0.2) is 0 Å². The zero-order valence-corrected chi connectivity index (χ0v) is 11.2. The van der Waals surface area contributed by atoms with Gasteiger partial charge in [0.2, 0.25) is 0 Å². The van der Waals surface area contributed by atoms with Crippen LogP contribution in [0.15, 0.2) is 0 Å². The van der Waals surface area contributed by atoms with E-state index in [1.54, 1.807) is 0 Å². The molecule has 2 fully saturated rings. The SMILES string of the molecule is CCC1CN(C(C)CN)CC(C)C12CCC2.